The highest BCUT2D eigenvalue weighted by Crippen LogP contribution is 2.23. The summed E-state index contributed by atoms with van der Waals surface area (Å²) in [4.78, 5) is 21.4. The molecule has 2 aromatic carbocycles. The fourth-order valence-electron chi connectivity index (χ4n) is 1.86. The average molecular weight is 278 g/mol. The molecule has 0 heterocycles. The predicted octanol–water partition coefficient (Wildman–Crippen LogP) is 3.45. The van der Waals surface area contributed by atoms with E-state index in [1.165, 1.54) is 18.2 Å². The van der Waals surface area contributed by atoms with Gasteiger partial charge in [0.25, 0.3) is 5.69 Å². The van der Waals surface area contributed by atoms with Gasteiger partial charge in [0.1, 0.15) is 0 Å². The first-order chi connectivity index (χ1) is 10.2. The second kappa shape index (κ2) is 6.26. The molecule has 0 bridgehead atoms. The minimum Gasteiger partial charge on any atom is -0.298 e. The van der Waals surface area contributed by atoms with Crippen LogP contribution in [0.3, 0.4) is 0 Å². The smallest absolute Gasteiger partial charge is 0.277 e. The van der Waals surface area contributed by atoms with Gasteiger partial charge in [-0.25, -0.2) is 0 Å². The second-order valence-corrected chi connectivity index (χ2v) is 4.22. The summed E-state index contributed by atoms with van der Waals surface area (Å²) in [7, 11) is 0. The molecule has 0 aliphatic rings. The summed E-state index contributed by atoms with van der Waals surface area (Å²) in [5.41, 5.74) is 1.64. The van der Waals surface area contributed by atoms with Gasteiger partial charge in [0.2, 0.25) is 0 Å². The third-order valence-corrected chi connectivity index (χ3v) is 2.92. The molecule has 0 radical (unpaired) electrons. The average Bonchev–Trinajstić information content (AvgIpc) is 2.52. The number of hydrogen-bond donors (Lipinski definition) is 0. The van der Waals surface area contributed by atoms with E-state index < -0.39 is 4.92 Å². The lowest BCUT2D eigenvalue weighted by Crippen LogP contribution is -1.92. The Labute approximate surface area is 120 Å². The highest BCUT2D eigenvalue weighted by Gasteiger charge is 2.12. The van der Waals surface area contributed by atoms with Gasteiger partial charge in [-0.15, -0.1) is 0 Å². The monoisotopic (exact) mass is 278 g/mol. The van der Waals surface area contributed by atoms with Gasteiger partial charge in [-0.3, -0.25) is 14.9 Å². The number of hydrogen-bond acceptors (Lipinski definition) is 4. The van der Waals surface area contributed by atoms with Gasteiger partial charge >= 0.3 is 0 Å². The topological polar surface area (TPSA) is 84.0 Å². The van der Waals surface area contributed by atoms with E-state index in [9.17, 15) is 14.9 Å². The summed E-state index contributed by atoms with van der Waals surface area (Å²) in [5, 5.41) is 19.8. The molecule has 0 unspecified atom stereocenters. The molecule has 102 valence electrons. The van der Waals surface area contributed by atoms with E-state index in [4.69, 9.17) is 5.26 Å². The number of benzene rings is 2. The van der Waals surface area contributed by atoms with E-state index in [0.29, 0.717) is 16.7 Å². The van der Waals surface area contributed by atoms with E-state index in [0.717, 1.165) is 6.29 Å². The predicted molar refractivity (Wildman–Crippen MR) is 78.6 cm³/mol. The van der Waals surface area contributed by atoms with Crippen molar-refractivity contribution < 1.29 is 9.72 Å². The summed E-state index contributed by atoms with van der Waals surface area (Å²) < 4.78 is 0. The summed E-state index contributed by atoms with van der Waals surface area (Å²) in [5.74, 6) is 0. The van der Waals surface area contributed by atoms with Gasteiger partial charge in [0, 0.05) is 11.6 Å². The Kier molecular flexibility index (Phi) is 4.22. The Balaban J connectivity index is 2.44. The molecule has 2 aromatic rings. The number of nitro benzene ring substituents is 1. The highest BCUT2D eigenvalue weighted by molar-refractivity contribution is 5.85. The molecule has 0 N–H and O–H groups in total. The Morgan fingerprint density at radius 3 is 2.33 bits per heavy atom. The molecule has 0 saturated heterocycles. The maximum Gasteiger partial charge on any atom is 0.277 e. The lowest BCUT2D eigenvalue weighted by molar-refractivity contribution is -0.385. The van der Waals surface area contributed by atoms with E-state index >= 15 is 0 Å². The van der Waals surface area contributed by atoms with Crippen LogP contribution in [0.1, 0.15) is 27.0 Å². The molecule has 0 fully saturated rings. The molecule has 0 aliphatic heterocycles. The third-order valence-electron chi connectivity index (χ3n) is 2.92. The van der Waals surface area contributed by atoms with Crippen molar-refractivity contribution in [2.24, 2.45) is 0 Å². The fourth-order valence-corrected chi connectivity index (χ4v) is 1.86. The fraction of sp³-hybridized carbons (Fsp3) is 0. The van der Waals surface area contributed by atoms with Crippen molar-refractivity contribution in [3.8, 4) is 6.07 Å². The first kappa shape index (κ1) is 14.2. The van der Waals surface area contributed by atoms with Crippen LogP contribution in [-0.2, 0) is 0 Å². The summed E-state index contributed by atoms with van der Waals surface area (Å²) in [6.07, 6.45) is 3.92. The van der Waals surface area contributed by atoms with Gasteiger partial charge in [0.05, 0.1) is 22.1 Å². The first-order valence-corrected chi connectivity index (χ1v) is 6.06. The van der Waals surface area contributed by atoms with E-state index in [-0.39, 0.29) is 11.3 Å². The molecule has 5 heteroatoms. The zero-order chi connectivity index (χ0) is 15.2. The lowest BCUT2D eigenvalue weighted by Gasteiger charge is -2.00. The van der Waals surface area contributed by atoms with Crippen LogP contribution in [0.15, 0.2) is 42.5 Å². The van der Waals surface area contributed by atoms with E-state index in [1.54, 1.807) is 36.4 Å². The molecule has 0 saturated carbocycles. The second-order valence-electron chi connectivity index (χ2n) is 4.22. The van der Waals surface area contributed by atoms with Gasteiger partial charge in [0.15, 0.2) is 6.29 Å². The van der Waals surface area contributed by atoms with Crippen LogP contribution in [0.2, 0.25) is 0 Å². The first-order valence-electron chi connectivity index (χ1n) is 6.06. The molecular weight excluding hydrogens is 268 g/mol. The molecule has 0 spiro atoms. The Morgan fingerprint density at radius 2 is 1.71 bits per heavy atom. The SMILES string of the molecule is N#Cc1ccc(/C=C/c2ccccc2C=O)c([N+](=O)[O-])c1. The molecule has 0 amide bonds. The van der Waals surface area contributed by atoms with Crippen molar-refractivity contribution in [2.45, 2.75) is 0 Å². The molecule has 21 heavy (non-hydrogen) atoms. The molecule has 5 nitrogen and oxygen atoms in total. The molecule has 0 atom stereocenters. The van der Waals surface area contributed by atoms with Crippen molar-refractivity contribution >= 4 is 24.1 Å². The number of rotatable bonds is 4. The van der Waals surface area contributed by atoms with E-state index in [2.05, 4.69) is 0 Å². The summed E-state index contributed by atoms with van der Waals surface area (Å²) in [6.45, 7) is 0. The number of nitrogens with zero attached hydrogens (tertiary/aromatic N) is 2. The van der Waals surface area contributed by atoms with Gasteiger partial charge in [-0.1, -0.05) is 30.3 Å². The van der Waals surface area contributed by atoms with Crippen molar-refractivity contribution in [1.29, 1.82) is 5.26 Å². The Bertz CT molecular complexity index is 773. The van der Waals surface area contributed by atoms with Crippen molar-refractivity contribution in [1.82, 2.24) is 0 Å². The van der Waals surface area contributed by atoms with Crippen molar-refractivity contribution in [3.63, 3.8) is 0 Å². The van der Waals surface area contributed by atoms with Gasteiger partial charge < -0.3 is 0 Å². The lowest BCUT2D eigenvalue weighted by atomic mass is 10.1. The van der Waals surface area contributed by atoms with Crippen LogP contribution in [0.25, 0.3) is 12.2 Å². The number of carbonyl (C=O) groups excluding carboxylic acids is 1. The number of nitriles is 1. The highest BCUT2D eigenvalue weighted by atomic mass is 16.6. The molecule has 2 rings (SSSR count). The maximum absolute atomic E-state index is 11.0. The van der Waals surface area contributed by atoms with Crippen molar-refractivity contribution in [3.05, 3.63) is 74.8 Å². The normalized spacial score (nSPS) is 10.2. The van der Waals surface area contributed by atoms with E-state index in [1.807, 2.05) is 6.07 Å². The van der Waals surface area contributed by atoms with Crippen LogP contribution in [0, 0.1) is 21.4 Å². The number of carbonyl (C=O) groups is 1. The van der Waals surface area contributed by atoms with Crippen LogP contribution in [0.4, 0.5) is 5.69 Å². The van der Waals surface area contributed by atoms with Crippen LogP contribution in [0.5, 0.6) is 0 Å². The standard InChI is InChI=1S/C16H10N2O3/c17-10-12-5-6-14(16(9-12)18(20)21)8-7-13-3-1-2-4-15(13)11-19/h1-9,11H/b8-7+. The maximum atomic E-state index is 11.0. The van der Waals surface area contributed by atoms with Gasteiger partial charge in [-0.2, -0.15) is 5.26 Å². The van der Waals surface area contributed by atoms with Crippen LogP contribution >= 0.6 is 0 Å². The zero-order valence-corrected chi connectivity index (χ0v) is 10.9. The van der Waals surface area contributed by atoms with Crippen LogP contribution < -0.4 is 0 Å². The molecular formula is C16H10N2O3. The largest absolute Gasteiger partial charge is 0.298 e. The van der Waals surface area contributed by atoms with Crippen LogP contribution in [-0.4, -0.2) is 11.2 Å². The summed E-state index contributed by atoms with van der Waals surface area (Å²) >= 11 is 0. The Hall–Kier alpha value is -3.26. The number of nitro groups is 1. The zero-order valence-electron chi connectivity index (χ0n) is 10.9. The molecule has 0 aromatic heterocycles. The minimum atomic E-state index is -0.536. The van der Waals surface area contributed by atoms with Crippen molar-refractivity contribution in [2.75, 3.05) is 0 Å². The number of aldehydes is 1. The van der Waals surface area contributed by atoms with Gasteiger partial charge in [-0.05, 0) is 23.8 Å². The minimum absolute atomic E-state index is 0.145. The quantitative estimate of drug-likeness (QED) is 0.371. The summed E-state index contributed by atoms with van der Waals surface area (Å²) in [6, 6.07) is 13.0. The Morgan fingerprint density at radius 1 is 1.05 bits per heavy atom. The third kappa shape index (κ3) is 3.19. The molecule has 0 aliphatic carbocycles.